The largest absolute Gasteiger partial charge is 0.394 e. The molecule has 136 valence electrons. The SMILES string of the molecule is OCC1OC(O)C(O[C@@H]2O[C@H](CO)[C@@H](O)[C@H](O)[C@H]2O)C(O)C1O. The molecule has 0 aliphatic carbocycles. The van der Waals surface area contributed by atoms with Gasteiger partial charge in [-0.2, -0.15) is 0 Å². The van der Waals surface area contributed by atoms with Gasteiger partial charge in [-0.1, -0.05) is 0 Å². The number of ether oxygens (including phenoxy) is 3. The standard InChI is InChI=1S/C12H22O11/c13-1-3-6(16)8(18)10(11(20)21-3)23-12-9(19)7(17)5(15)4(2-14)22-12/h3-20H,1-2H2/t3?,4-,5-,6?,7+,8?,9-,10?,11?,12+/m1/s1. The maximum atomic E-state index is 9.94. The highest BCUT2D eigenvalue weighted by Gasteiger charge is 2.50. The summed E-state index contributed by atoms with van der Waals surface area (Å²) in [6.45, 7) is -1.33. The maximum Gasteiger partial charge on any atom is 0.187 e. The van der Waals surface area contributed by atoms with Gasteiger partial charge in [0.15, 0.2) is 12.6 Å². The van der Waals surface area contributed by atoms with Crippen molar-refractivity contribution in [3.8, 4) is 0 Å². The van der Waals surface area contributed by atoms with E-state index in [9.17, 15) is 30.6 Å². The number of aliphatic hydroxyl groups is 8. The fraction of sp³-hybridized carbons (Fsp3) is 1.00. The molecule has 0 saturated carbocycles. The molecule has 23 heavy (non-hydrogen) atoms. The molecular formula is C12H22O11. The molecule has 0 spiro atoms. The summed E-state index contributed by atoms with van der Waals surface area (Å²) in [5.74, 6) is 0. The van der Waals surface area contributed by atoms with Gasteiger partial charge in [-0.15, -0.1) is 0 Å². The monoisotopic (exact) mass is 342 g/mol. The number of aliphatic hydroxyl groups excluding tert-OH is 8. The van der Waals surface area contributed by atoms with Gasteiger partial charge in [0.2, 0.25) is 0 Å². The first kappa shape index (κ1) is 18.9. The van der Waals surface area contributed by atoms with E-state index in [-0.39, 0.29) is 0 Å². The van der Waals surface area contributed by atoms with Gasteiger partial charge < -0.3 is 55.1 Å². The molecule has 0 amide bonds. The van der Waals surface area contributed by atoms with Gasteiger partial charge in [-0.05, 0) is 0 Å². The molecule has 2 aliphatic rings. The molecule has 10 atom stereocenters. The van der Waals surface area contributed by atoms with Crippen LogP contribution in [0.4, 0.5) is 0 Å². The quantitative estimate of drug-likeness (QED) is 0.243. The maximum absolute atomic E-state index is 9.94. The van der Waals surface area contributed by atoms with Crippen LogP contribution in [0.5, 0.6) is 0 Å². The average Bonchev–Trinajstić information content (AvgIpc) is 2.54. The van der Waals surface area contributed by atoms with Crippen LogP contribution < -0.4 is 0 Å². The fourth-order valence-electron chi connectivity index (χ4n) is 2.55. The van der Waals surface area contributed by atoms with E-state index in [1.54, 1.807) is 0 Å². The summed E-state index contributed by atoms with van der Waals surface area (Å²) in [5.41, 5.74) is 0. The lowest BCUT2D eigenvalue weighted by Crippen LogP contribution is -2.64. The Balaban J connectivity index is 2.08. The molecule has 2 rings (SSSR count). The van der Waals surface area contributed by atoms with Gasteiger partial charge >= 0.3 is 0 Å². The van der Waals surface area contributed by atoms with Crippen molar-refractivity contribution >= 4 is 0 Å². The molecule has 2 saturated heterocycles. The van der Waals surface area contributed by atoms with Crippen LogP contribution in [0.25, 0.3) is 0 Å². The summed E-state index contributed by atoms with van der Waals surface area (Å²) in [6, 6.07) is 0. The van der Waals surface area contributed by atoms with Crippen LogP contribution in [0.15, 0.2) is 0 Å². The summed E-state index contributed by atoms with van der Waals surface area (Å²) in [4.78, 5) is 0. The Morgan fingerprint density at radius 3 is 1.74 bits per heavy atom. The molecule has 11 heteroatoms. The molecule has 0 aromatic rings. The van der Waals surface area contributed by atoms with E-state index in [0.717, 1.165) is 0 Å². The van der Waals surface area contributed by atoms with E-state index in [2.05, 4.69) is 0 Å². The lowest BCUT2D eigenvalue weighted by molar-refractivity contribution is -0.361. The third kappa shape index (κ3) is 3.65. The minimum Gasteiger partial charge on any atom is -0.394 e. The Morgan fingerprint density at radius 2 is 1.17 bits per heavy atom. The summed E-state index contributed by atoms with van der Waals surface area (Å²) in [7, 11) is 0. The normalized spacial score (nSPS) is 51.7. The van der Waals surface area contributed by atoms with Crippen molar-refractivity contribution in [2.45, 2.75) is 61.4 Å². The molecule has 5 unspecified atom stereocenters. The van der Waals surface area contributed by atoms with Crippen LogP contribution in [-0.2, 0) is 14.2 Å². The molecule has 0 aromatic heterocycles. The van der Waals surface area contributed by atoms with Crippen molar-refractivity contribution in [3.05, 3.63) is 0 Å². The van der Waals surface area contributed by atoms with Crippen molar-refractivity contribution in [2.75, 3.05) is 13.2 Å². The van der Waals surface area contributed by atoms with Crippen LogP contribution in [0.1, 0.15) is 0 Å². The highest BCUT2D eigenvalue weighted by Crippen LogP contribution is 2.28. The Hall–Kier alpha value is -0.440. The van der Waals surface area contributed by atoms with Gasteiger partial charge in [0.1, 0.15) is 48.8 Å². The number of rotatable bonds is 4. The molecule has 2 heterocycles. The zero-order valence-corrected chi connectivity index (χ0v) is 12.0. The van der Waals surface area contributed by atoms with Crippen LogP contribution >= 0.6 is 0 Å². The molecular weight excluding hydrogens is 320 g/mol. The fourth-order valence-corrected chi connectivity index (χ4v) is 2.55. The molecule has 0 radical (unpaired) electrons. The predicted molar refractivity (Wildman–Crippen MR) is 68.6 cm³/mol. The Morgan fingerprint density at radius 1 is 0.652 bits per heavy atom. The van der Waals surface area contributed by atoms with Crippen molar-refractivity contribution in [1.82, 2.24) is 0 Å². The Labute approximate surface area is 130 Å². The molecule has 11 nitrogen and oxygen atoms in total. The van der Waals surface area contributed by atoms with Crippen molar-refractivity contribution in [3.63, 3.8) is 0 Å². The minimum absolute atomic E-state index is 0.651. The lowest BCUT2D eigenvalue weighted by atomic mass is 9.97. The van der Waals surface area contributed by atoms with Gasteiger partial charge in [0, 0.05) is 0 Å². The second-order valence-electron chi connectivity index (χ2n) is 5.53. The van der Waals surface area contributed by atoms with E-state index >= 15 is 0 Å². The third-order valence-electron chi connectivity index (χ3n) is 3.98. The molecule has 0 aromatic carbocycles. The topological polar surface area (TPSA) is 190 Å². The summed E-state index contributed by atoms with van der Waals surface area (Å²) in [5, 5.41) is 76.7. The van der Waals surface area contributed by atoms with Crippen LogP contribution in [-0.4, -0.2) is 115 Å². The smallest absolute Gasteiger partial charge is 0.187 e. The summed E-state index contributed by atoms with van der Waals surface area (Å²) in [6.07, 6.45) is -15.6. The highest BCUT2D eigenvalue weighted by molar-refractivity contribution is 4.93. The first-order chi connectivity index (χ1) is 10.8. The van der Waals surface area contributed by atoms with E-state index in [0.29, 0.717) is 0 Å². The van der Waals surface area contributed by atoms with Gasteiger partial charge in [-0.25, -0.2) is 0 Å². The van der Waals surface area contributed by atoms with Gasteiger partial charge in [-0.3, -0.25) is 0 Å². The average molecular weight is 342 g/mol. The third-order valence-corrected chi connectivity index (χ3v) is 3.98. The van der Waals surface area contributed by atoms with E-state index in [1.165, 1.54) is 0 Å². The van der Waals surface area contributed by atoms with Crippen molar-refractivity contribution in [1.29, 1.82) is 0 Å². The number of hydrogen-bond acceptors (Lipinski definition) is 11. The summed E-state index contributed by atoms with van der Waals surface area (Å²) < 4.78 is 15.1. The van der Waals surface area contributed by atoms with E-state index in [1.807, 2.05) is 0 Å². The van der Waals surface area contributed by atoms with Crippen molar-refractivity contribution in [2.24, 2.45) is 0 Å². The first-order valence-corrected chi connectivity index (χ1v) is 7.08. The molecule has 0 bridgehead atoms. The van der Waals surface area contributed by atoms with Crippen LogP contribution in [0.2, 0.25) is 0 Å². The highest BCUT2D eigenvalue weighted by atomic mass is 16.7. The minimum atomic E-state index is -1.75. The Kier molecular flexibility index (Phi) is 6.27. The zero-order valence-electron chi connectivity index (χ0n) is 12.0. The van der Waals surface area contributed by atoms with E-state index < -0.39 is 74.6 Å². The Bertz CT molecular complexity index is 380. The molecule has 2 aliphatic heterocycles. The summed E-state index contributed by atoms with van der Waals surface area (Å²) >= 11 is 0. The van der Waals surface area contributed by atoms with Crippen molar-refractivity contribution < 1.29 is 55.1 Å². The zero-order chi connectivity index (χ0) is 17.3. The van der Waals surface area contributed by atoms with Crippen LogP contribution in [0.3, 0.4) is 0 Å². The molecule has 2 fully saturated rings. The molecule has 8 N–H and O–H groups in total. The number of hydrogen-bond donors (Lipinski definition) is 8. The van der Waals surface area contributed by atoms with E-state index in [4.69, 9.17) is 24.4 Å². The van der Waals surface area contributed by atoms with Gasteiger partial charge in [0.25, 0.3) is 0 Å². The van der Waals surface area contributed by atoms with Gasteiger partial charge in [0.05, 0.1) is 13.2 Å². The van der Waals surface area contributed by atoms with Crippen LogP contribution in [0, 0.1) is 0 Å². The predicted octanol–water partition coefficient (Wildman–Crippen LogP) is -5.40. The second-order valence-corrected chi connectivity index (χ2v) is 5.53. The lowest BCUT2D eigenvalue weighted by Gasteiger charge is -2.44. The first-order valence-electron chi connectivity index (χ1n) is 7.08. The second kappa shape index (κ2) is 7.63.